The average Bonchev–Trinajstić information content (AvgIpc) is 3.18. The third-order valence-corrected chi connectivity index (χ3v) is 8.62. The number of carbonyl (C=O) groups is 8. The van der Waals surface area contributed by atoms with Gasteiger partial charge in [-0.15, -0.1) is 0 Å². The van der Waals surface area contributed by atoms with E-state index in [0.29, 0.717) is 5.52 Å². The third-order valence-electron chi connectivity index (χ3n) is 8.62. The highest BCUT2D eigenvalue weighted by atomic mass is 19.1. The molecule has 1 aromatic heterocycles. The van der Waals surface area contributed by atoms with Crippen molar-refractivity contribution >= 4 is 58.3 Å². The molecule has 0 unspecified atom stereocenters. The molecule has 2 aromatic carbocycles. The Kier molecular flexibility index (Phi) is 16.7. The van der Waals surface area contributed by atoms with E-state index in [2.05, 4.69) is 36.3 Å². The van der Waals surface area contributed by atoms with Gasteiger partial charge in [0.05, 0.1) is 32.6 Å². The van der Waals surface area contributed by atoms with Gasteiger partial charge in [0, 0.05) is 5.39 Å². The molecule has 0 saturated carbocycles. The second-order valence-corrected chi connectivity index (χ2v) is 13.7. The number of benzene rings is 2. The Labute approximate surface area is 332 Å². The van der Waals surface area contributed by atoms with E-state index in [9.17, 15) is 47.1 Å². The van der Waals surface area contributed by atoms with Crippen LogP contribution in [0.15, 0.2) is 54.6 Å². The number of hydrogen-bond acceptors (Lipinski definition) is 12. The maximum absolute atomic E-state index is 14.1. The highest BCUT2D eigenvalue weighted by Crippen LogP contribution is 2.22. The molecule has 0 saturated heterocycles. The second-order valence-electron chi connectivity index (χ2n) is 13.7. The molecule has 0 aliphatic carbocycles. The normalized spacial score (nSPS) is 13.6. The zero-order valence-corrected chi connectivity index (χ0v) is 32.8. The highest BCUT2D eigenvalue weighted by molar-refractivity contribution is 6.00. The van der Waals surface area contributed by atoms with Crippen LogP contribution in [0, 0.1) is 23.5 Å². The number of nitrogens with one attached hydrogen (secondary N) is 5. The molecule has 0 aliphatic heterocycles. The van der Waals surface area contributed by atoms with Crippen LogP contribution in [0.3, 0.4) is 0 Å². The Morgan fingerprint density at radius 2 is 1.14 bits per heavy atom. The number of fused-ring (bicyclic) bond motifs is 1. The first-order valence-corrected chi connectivity index (χ1v) is 18.0. The molecule has 3 aromatic rings. The lowest BCUT2D eigenvalue weighted by Gasteiger charge is -2.28. The fraction of sp³-hybridized carbons (Fsp3) is 0.410. The van der Waals surface area contributed by atoms with E-state index in [0.717, 1.165) is 37.8 Å². The molecule has 0 bridgehead atoms. The molecule has 5 atom stereocenters. The Hall–Kier alpha value is -6.53. The smallest absolute Gasteiger partial charge is 0.334 e. The van der Waals surface area contributed by atoms with Crippen LogP contribution in [0.5, 0.6) is 5.75 Å². The van der Waals surface area contributed by atoms with E-state index in [-0.39, 0.29) is 5.69 Å². The standard InChI is InChI=1S/C39H46F2N6O11/c1-19(2)31(37(53)42-21(5)34(50)45-28(18-30(49)57-7)39(55)58-33-23(40)12-10-13-24(33)41)47-36(52)27(17-29(48)56-6)44-38(54)32(20(3)4)46-35(51)26-16-15-22-11-8-9-14-25(22)43-26/h8-16,19-21,27-28,31-32H,17-18H2,1-7H3,(H,42,53)(H,44,54)(H,45,50)(H,46,51)(H,47,52)/t21-,27-,28-,31-,32-/m0/s1. The number of para-hydroxylation sites is 2. The van der Waals surface area contributed by atoms with Crippen molar-refractivity contribution in [3.8, 4) is 5.75 Å². The van der Waals surface area contributed by atoms with E-state index in [4.69, 9.17) is 9.47 Å². The Morgan fingerprint density at radius 3 is 1.72 bits per heavy atom. The Morgan fingerprint density at radius 1 is 0.603 bits per heavy atom. The monoisotopic (exact) mass is 812 g/mol. The zero-order valence-electron chi connectivity index (χ0n) is 32.8. The van der Waals surface area contributed by atoms with Crippen LogP contribution < -0.4 is 31.3 Å². The van der Waals surface area contributed by atoms with Crippen molar-refractivity contribution in [3.63, 3.8) is 0 Å². The molecule has 19 heteroatoms. The predicted octanol–water partition coefficient (Wildman–Crippen LogP) is 1.61. The van der Waals surface area contributed by atoms with Crippen LogP contribution in [0.2, 0.25) is 0 Å². The first-order chi connectivity index (χ1) is 27.4. The van der Waals surface area contributed by atoms with Crippen LogP contribution in [0.4, 0.5) is 8.78 Å². The fourth-order valence-corrected chi connectivity index (χ4v) is 5.31. The van der Waals surface area contributed by atoms with Crippen molar-refractivity contribution in [2.45, 2.75) is 77.7 Å². The summed E-state index contributed by atoms with van der Waals surface area (Å²) in [6, 6.07) is 5.53. The van der Waals surface area contributed by atoms with E-state index in [1.54, 1.807) is 45.9 Å². The largest absolute Gasteiger partial charge is 0.469 e. The number of amides is 5. The number of rotatable bonds is 18. The average molecular weight is 813 g/mol. The van der Waals surface area contributed by atoms with Gasteiger partial charge in [-0.3, -0.25) is 33.6 Å². The summed E-state index contributed by atoms with van der Waals surface area (Å²) in [4.78, 5) is 109. The van der Waals surface area contributed by atoms with Gasteiger partial charge in [0.1, 0.15) is 35.9 Å². The molecule has 5 amide bonds. The summed E-state index contributed by atoms with van der Waals surface area (Å²) in [6.07, 6.45) is -1.48. The van der Waals surface area contributed by atoms with Gasteiger partial charge in [-0.05, 0) is 43.0 Å². The highest BCUT2D eigenvalue weighted by Gasteiger charge is 2.35. The molecular formula is C39H46F2N6O11. The topological polar surface area (TPSA) is 237 Å². The predicted molar refractivity (Wildman–Crippen MR) is 201 cm³/mol. The second kappa shape index (κ2) is 21.1. The number of esters is 3. The minimum atomic E-state index is -1.81. The molecule has 0 spiro atoms. The number of carbonyl (C=O) groups excluding carboxylic acids is 8. The molecule has 3 rings (SSSR count). The fourth-order valence-electron chi connectivity index (χ4n) is 5.31. The Bertz CT molecular complexity index is 2010. The minimum Gasteiger partial charge on any atom is -0.469 e. The van der Waals surface area contributed by atoms with Crippen molar-refractivity contribution in [1.29, 1.82) is 0 Å². The number of pyridine rings is 1. The maximum Gasteiger partial charge on any atom is 0.334 e. The number of nitrogens with zero attached hydrogens (tertiary/aromatic N) is 1. The molecule has 58 heavy (non-hydrogen) atoms. The van der Waals surface area contributed by atoms with Crippen molar-refractivity contribution in [3.05, 3.63) is 71.9 Å². The number of hydrogen-bond donors (Lipinski definition) is 5. The molecule has 0 fully saturated rings. The summed E-state index contributed by atoms with van der Waals surface area (Å²) in [5.41, 5.74) is 0.586. The third kappa shape index (κ3) is 12.8. The SMILES string of the molecule is COC(=O)C[C@H](NC(=O)[C@@H](NC(=O)c1ccc2ccccc2n1)C(C)C)C(=O)N[C@H](C(=O)N[C@@H](C)C(=O)N[C@@H](CC(=O)OC)C(=O)Oc1c(F)cccc1F)C(C)C. The van der Waals surface area contributed by atoms with Gasteiger partial charge < -0.3 is 40.8 Å². The lowest BCUT2D eigenvalue weighted by Crippen LogP contribution is -2.60. The first-order valence-electron chi connectivity index (χ1n) is 18.0. The minimum absolute atomic E-state index is 0.0339. The quantitative estimate of drug-likeness (QED) is 0.0911. The van der Waals surface area contributed by atoms with Crippen molar-refractivity contribution < 1.29 is 61.3 Å². The number of aromatic nitrogens is 1. The lowest BCUT2D eigenvalue weighted by atomic mass is 10.0. The van der Waals surface area contributed by atoms with Crippen molar-refractivity contribution in [2.24, 2.45) is 11.8 Å². The van der Waals surface area contributed by atoms with Gasteiger partial charge in [0.2, 0.25) is 29.4 Å². The van der Waals surface area contributed by atoms with Gasteiger partial charge >= 0.3 is 17.9 Å². The van der Waals surface area contributed by atoms with Gasteiger partial charge in [-0.2, -0.15) is 0 Å². The van der Waals surface area contributed by atoms with Crippen LogP contribution in [-0.2, 0) is 43.0 Å². The van der Waals surface area contributed by atoms with Gasteiger partial charge in [-0.1, -0.05) is 58.0 Å². The summed E-state index contributed by atoms with van der Waals surface area (Å²) >= 11 is 0. The lowest BCUT2D eigenvalue weighted by molar-refractivity contribution is -0.148. The molecule has 17 nitrogen and oxygen atoms in total. The van der Waals surface area contributed by atoms with E-state index < -0.39 is 120 Å². The first kappa shape index (κ1) is 45.9. The van der Waals surface area contributed by atoms with Crippen molar-refractivity contribution in [1.82, 2.24) is 31.6 Å². The molecule has 5 N–H and O–H groups in total. The summed E-state index contributed by atoms with van der Waals surface area (Å²) in [5, 5.41) is 12.9. The number of methoxy groups -OCH3 is 2. The number of halogens is 2. The molecule has 312 valence electrons. The number of ether oxygens (including phenoxy) is 3. The van der Waals surface area contributed by atoms with E-state index >= 15 is 0 Å². The molecule has 0 aliphatic rings. The van der Waals surface area contributed by atoms with Gasteiger partial charge in [0.15, 0.2) is 11.6 Å². The molecule has 1 heterocycles. The van der Waals surface area contributed by atoms with E-state index in [1.165, 1.54) is 13.0 Å². The summed E-state index contributed by atoms with van der Waals surface area (Å²) < 4.78 is 42.3. The zero-order chi connectivity index (χ0) is 43.3. The van der Waals surface area contributed by atoms with Crippen LogP contribution in [0.25, 0.3) is 10.9 Å². The van der Waals surface area contributed by atoms with Crippen molar-refractivity contribution in [2.75, 3.05) is 14.2 Å². The Balaban J connectivity index is 1.73. The molecular weight excluding hydrogens is 766 g/mol. The van der Waals surface area contributed by atoms with Gasteiger partial charge in [0.25, 0.3) is 5.91 Å². The van der Waals surface area contributed by atoms with Crippen LogP contribution in [-0.4, -0.2) is 96.9 Å². The summed E-state index contributed by atoms with van der Waals surface area (Å²) in [7, 11) is 2.07. The van der Waals surface area contributed by atoms with Crippen LogP contribution >= 0.6 is 0 Å². The maximum atomic E-state index is 14.1. The van der Waals surface area contributed by atoms with Crippen LogP contribution in [0.1, 0.15) is 57.9 Å². The van der Waals surface area contributed by atoms with Gasteiger partial charge in [-0.25, -0.2) is 18.6 Å². The molecule has 0 radical (unpaired) electrons. The summed E-state index contributed by atoms with van der Waals surface area (Å²) in [5.74, 6) is -12.4. The summed E-state index contributed by atoms with van der Waals surface area (Å²) in [6.45, 7) is 7.61. The van der Waals surface area contributed by atoms with E-state index in [1.807, 2.05) is 12.1 Å².